The summed E-state index contributed by atoms with van der Waals surface area (Å²) in [6.07, 6.45) is 0.981. The highest BCUT2D eigenvalue weighted by molar-refractivity contribution is 7.17. The molecule has 0 aliphatic heterocycles. The second-order valence-corrected chi connectivity index (χ2v) is 6.44. The Bertz CT molecular complexity index is 194. The first-order chi connectivity index (χ1) is 6.18. The van der Waals surface area contributed by atoms with Crippen LogP contribution < -0.4 is 0 Å². The van der Waals surface area contributed by atoms with Gasteiger partial charge in [0, 0.05) is 11.8 Å². The van der Waals surface area contributed by atoms with Crippen molar-refractivity contribution in [2.75, 3.05) is 0 Å². The van der Waals surface area contributed by atoms with Crippen LogP contribution in [0.5, 0.6) is 0 Å². The number of carbonyl (C=O) groups excluding carboxylic acids is 1. The molecule has 3 unspecified atom stereocenters. The van der Waals surface area contributed by atoms with Crippen molar-refractivity contribution < 1.29 is 4.79 Å². The third kappa shape index (κ3) is 4.09. The average Bonchev–Trinajstić information content (AvgIpc) is 2.01. The molecule has 0 heterocycles. The van der Waals surface area contributed by atoms with E-state index < -0.39 is 0 Å². The number of hydrogen-bond donors (Lipinski definition) is 0. The second-order valence-electron chi connectivity index (χ2n) is 5.44. The lowest BCUT2D eigenvalue weighted by molar-refractivity contribution is -0.126. The van der Waals surface area contributed by atoms with Crippen LogP contribution in [0.25, 0.3) is 0 Å². The van der Waals surface area contributed by atoms with E-state index in [2.05, 4.69) is 36.9 Å². The lowest BCUT2D eigenvalue weighted by Crippen LogP contribution is -2.28. The summed E-state index contributed by atoms with van der Waals surface area (Å²) in [6, 6.07) is 0. The summed E-state index contributed by atoms with van der Waals surface area (Å²) in [6.45, 7) is 12.7. The fraction of sp³-hybridized carbons (Fsp3) is 0.917. The topological polar surface area (TPSA) is 17.1 Å². The van der Waals surface area contributed by atoms with E-state index in [1.165, 1.54) is 0 Å². The van der Waals surface area contributed by atoms with Crippen molar-refractivity contribution in [3.8, 4) is 0 Å². The monoisotopic (exact) mass is 216 g/mol. The Balaban J connectivity index is 4.32. The number of carbonyl (C=O) groups is 1. The first-order valence-corrected chi connectivity index (χ1v) is 6.14. The van der Waals surface area contributed by atoms with Crippen LogP contribution in [0.2, 0.25) is 0 Å². The van der Waals surface area contributed by atoms with Gasteiger partial charge in [-0.15, -0.1) is 9.24 Å². The molecule has 0 aliphatic carbocycles. The summed E-state index contributed by atoms with van der Waals surface area (Å²) in [5.74, 6) is 0.748. The Labute approximate surface area is 91.2 Å². The average molecular weight is 216 g/mol. The van der Waals surface area contributed by atoms with Gasteiger partial charge in [0.05, 0.1) is 0 Å². The van der Waals surface area contributed by atoms with Crippen LogP contribution in [-0.4, -0.2) is 11.4 Å². The summed E-state index contributed by atoms with van der Waals surface area (Å²) >= 11 is 0. The molecule has 0 saturated carbocycles. The van der Waals surface area contributed by atoms with Crippen molar-refractivity contribution in [2.24, 2.45) is 17.3 Å². The highest BCUT2D eigenvalue weighted by Crippen LogP contribution is 2.34. The Kier molecular flexibility index (Phi) is 5.30. The smallest absolute Gasteiger partial charge is 0.138 e. The minimum atomic E-state index is 0.167. The minimum Gasteiger partial charge on any atom is -0.299 e. The molecule has 0 aromatic heterocycles. The van der Waals surface area contributed by atoms with Gasteiger partial charge < -0.3 is 0 Å². The lowest BCUT2D eigenvalue weighted by Gasteiger charge is -2.31. The Hall–Kier alpha value is 0.100. The van der Waals surface area contributed by atoms with Crippen molar-refractivity contribution in [1.29, 1.82) is 0 Å². The summed E-state index contributed by atoms with van der Waals surface area (Å²) in [5.41, 5.74) is 0.777. The Morgan fingerprint density at radius 3 is 1.93 bits per heavy atom. The summed E-state index contributed by atoms with van der Waals surface area (Å²) in [5, 5.41) is 0. The first-order valence-electron chi connectivity index (χ1n) is 5.47. The van der Waals surface area contributed by atoms with E-state index in [1.54, 1.807) is 0 Å². The highest BCUT2D eigenvalue weighted by atomic mass is 31.0. The van der Waals surface area contributed by atoms with Gasteiger partial charge in [0.2, 0.25) is 0 Å². The van der Waals surface area contributed by atoms with E-state index in [0.29, 0.717) is 11.4 Å². The molecular weight excluding hydrogens is 191 g/mol. The van der Waals surface area contributed by atoms with E-state index in [0.717, 1.165) is 6.42 Å². The molecular formula is C12H25OP. The van der Waals surface area contributed by atoms with Gasteiger partial charge in [0.15, 0.2) is 0 Å². The molecule has 14 heavy (non-hydrogen) atoms. The van der Waals surface area contributed by atoms with Gasteiger partial charge in [-0.1, -0.05) is 41.5 Å². The van der Waals surface area contributed by atoms with Gasteiger partial charge in [-0.2, -0.15) is 0 Å². The molecule has 0 aromatic rings. The molecule has 0 amide bonds. The minimum absolute atomic E-state index is 0.167. The maximum atomic E-state index is 11.7. The van der Waals surface area contributed by atoms with Crippen molar-refractivity contribution in [1.82, 2.24) is 0 Å². The maximum absolute atomic E-state index is 11.7. The van der Waals surface area contributed by atoms with E-state index >= 15 is 0 Å². The number of hydrogen-bond acceptors (Lipinski definition) is 1. The largest absolute Gasteiger partial charge is 0.299 e. The Morgan fingerprint density at radius 1 is 1.21 bits per heavy atom. The van der Waals surface area contributed by atoms with E-state index in [-0.39, 0.29) is 17.3 Å². The zero-order chi connectivity index (χ0) is 11.5. The van der Waals surface area contributed by atoms with E-state index in [4.69, 9.17) is 0 Å². The van der Waals surface area contributed by atoms with Gasteiger partial charge in [0.1, 0.15) is 5.78 Å². The molecule has 0 fully saturated rings. The fourth-order valence-electron chi connectivity index (χ4n) is 1.64. The van der Waals surface area contributed by atoms with Crippen molar-refractivity contribution >= 4 is 15.0 Å². The van der Waals surface area contributed by atoms with E-state index in [1.807, 2.05) is 13.8 Å². The second kappa shape index (κ2) is 5.26. The van der Waals surface area contributed by atoms with Crippen LogP contribution in [0.15, 0.2) is 0 Å². The summed E-state index contributed by atoms with van der Waals surface area (Å²) in [4.78, 5) is 11.7. The molecule has 0 bridgehead atoms. The normalized spacial score (nSPS) is 16.9. The van der Waals surface area contributed by atoms with Crippen LogP contribution in [0.4, 0.5) is 0 Å². The van der Waals surface area contributed by atoms with Crippen LogP contribution in [-0.2, 0) is 4.79 Å². The number of ketones is 1. The lowest BCUT2D eigenvalue weighted by atomic mass is 9.78. The standard InChI is InChI=1S/C12H25OP/c1-8(2)11(13)9(3)7-12(5,6)10(4)14/h8-10H,7,14H2,1-6H3. The third-order valence-corrected chi connectivity index (χ3v) is 4.02. The Morgan fingerprint density at radius 2 is 1.64 bits per heavy atom. The molecule has 0 N–H and O–H groups in total. The van der Waals surface area contributed by atoms with Crippen LogP contribution >= 0.6 is 9.24 Å². The highest BCUT2D eigenvalue weighted by Gasteiger charge is 2.28. The first kappa shape index (κ1) is 14.1. The van der Waals surface area contributed by atoms with Crippen molar-refractivity contribution in [3.05, 3.63) is 0 Å². The molecule has 0 saturated heterocycles. The molecule has 0 aliphatic rings. The molecule has 2 heteroatoms. The third-order valence-electron chi connectivity index (χ3n) is 3.12. The van der Waals surface area contributed by atoms with Crippen LogP contribution in [0.1, 0.15) is 48.0 Å². The van der Waals surface area contributed by atoms with Gasteiger partial charge in [-0.05, 0) is 17.5 Å². The molecule has 0 aromatic carbocycles. The predicted molar refractivity (Wildman–Crippen MR) is 66.6 cm³/mol. The van der Waals surface area contributed by atoms with E-state index in [9.17, 15) is 4.79 Å². The molecule has 0 spiro atoms. The molecule has 0 radical (unpaired) electrons. The fourth-order valence-corrected chi connectivity index (χ4v) is 1.78. The van der Waals surface area contributed by atoms with Gasteiger partial charge in [-0.3, -0.25) is 4.79 Å². The molecule has 84 valence electrons. The molecule has 0 rings (SSSR count). The van der Waals surface area contributed by atoms with Gasteiger partial charge in [0.25, 0.3) is 0 Å². The zero-order valence-corrected chi connectivity index (χ0v) is 11.6. The molecule has 3 atom stereocenters. The molecule has 1 nitrogen and oxygen atoms in total. The maximum Gasteiger partial charge on any atom is 0.138 e. The van der Waals surface area contributed by atoms with Crippen LogP contribution in [0, 0.1) is 17.3 Å². The number of rotatable bonds is 5. The number of Topliss-reactive ketones (excluding diaryl/α,β-unsaturated/α-hetero) is 1. The van der Waals surface area contributed by atoms with Gasteiger partial charge in [-0.25, -0.2) is 0 Å². The summed E-state index contributed by atoms with van der Waals surface area (Å²) in [7, 11) is 2.84. The van der Waals surface area contributed by atoms with Crippen LogP contribution in [0.3, 0.4) is 0 Å². The predicted octanol–water partition coefficient (Wildman–Crippen LogP) is 3.53. The van der Waals surface area contributed by atoms with Gasteiger partial charge >= 0.3 is 0 Å². The van der Waals surface area contributed by atoms with Crippen molar-refractivity contribution in [2.45, 2.75) is 53.6 Å². The van der Waals surface area contributed by atoms with Crippen molar-refractivity contribution in [3.63, 3.8) is 0 Å². The quantitative estimate of drug-likeness (QED) is 0.642. The summed E-state index contributed by atoms with van der Waals surface area (Å²) < 4.78 is 0. The zero-order valence-electron chi connectivity index (χ0n) is 10.4. The SMILES string of the molecule is CC(C)C(=O)C(C)CC(C)(C)C(C)P.